The summed E-state index contributed by atoms with van der Waals surface area (Å²) in [7, 11) is 0. The van der Waals surface area contributed by atoms with Gasteiger partial charge >= 0.3 is 0 Å². The molecule has 2 rings (SSSR count). The molecule has 0 radical (unpaired) electrons. The fourth-order valence-electron chi connectivity index (χ4n) is 2.71. The van der Waals surface area contributed by atoms with Gasteiger partial charge < -0.3 is 25.2 Å². The summed E-state index contributed by atoms with van der Waals surface area (Å²) in [5, 5.41) is 10.7. The summed E-state index contributed by atoms with van der Waals surface area (Å²) in [6, 6.07) is 0. The third kappa shape index (κ3) is 4.33. The van der Waals surface area contributed by atoms with E-state index in [0.717, 1.165) is 5.57 Å². The molecule has 0 saturated carbocycles. The largest absolute Gasteiger partial charge is 0.387 e. The Labute approximate surface area is 148 Å². The van der Waals surface area contributed by atoms with Gasteiger partial charge in [-0.05, 0) is 34.6 Å². The molecule has 1 unspecified atom stereocenters. The van der Waals surface area contributed by atoms with Crippen molar-refractivity contribution in [3.63, 3.8) is 0 Å². The van der Waals surface area contributed by atoms with Gasteiger partial charge in [-0.3, -0.25) is 0 Å². The van der Waals surface area contributed by atoms with Crippen LogP contribution in [0.15, 0.2) is 29.2 Å². The first-order valence-corrected chi connectivity index (χ1v) is 9.25. The highest BCUT2D eigenvalue weighted by Gasteiger charge is 2.47. The van der Waals surface area contributed by atoms with Crippen LogP contribution in [0.4, 0.5) is 0 Å². The number of nitrogens with two attached hydrogens (primary N) is 1. The quantitative estimate of drug-likeness (QED) is 0.759. The fourth-order valence-corrected chi connectivity index (χ4v) is 4.23. The number of hydrogen-bond donors (Lipinski definition) is 2. The molecule has 0 spiro atoms. The molecule has 2 heterocycles. The first kappa shape index (κ1) is 19.3. The van der Waals surface area contributed by atoms with Gasteiger partial charge in [0.15, 0.2) is 0 Å². The van der Waals surface area contributed by atoms with Gasteiger partial charge in [-0.1, -0.05) is 6.58 Å². The van der Waals surface area contributed by atoms with Crippen molar-refractivity contribution >= 4 is 17.6 Å². The lowest BCUT2D eigenvalue weighted by atomic mass is 10.1. The van der Waals surface area contributed by atoms with Gasteiger partial charge in [-0.2, -0.15) is 0 Å². The number of hydrogen-bond acceptors (Lipinski definition) is 7. The average Bonchev–Trinajstić information content (AvgIpc) is 2.77. The third-order valence-electron chi connectivity index (χ3n) is 3.89. The Kier molecular flexibility index (Phi) is 6.36. The number of rotatable bonds is 6. The summed E-state index contributed by atoms with van der Waals surface area (Å²) in [4.78, 5) is 6.15. The highest BCUT2D eigenvalue weighted by atomic mass is 32.2. The third-order valence-corrected chi connectivity index (χ3v) is 5.43. The molecule has 0 bridgehead atoms. The molecule has 136 valence electrons. The zero-order chi connectivity index (χ0) is 18.0. The van der Waals surface area contributed by atoms with Crippen molar-refractivity contribution in [2.24, 2.45) is 10.7 Å². The van der Waals surface area contributed by atoms with Crippen LogP contribution in [-0.2, 0) is 9.47 Å². The molecule has 2 aliphatic rings. The van der Waals surface area contributed by atoms with Crippen LogP contribution < -0.4 is 5.73 Å². The summed E-state index contributed by atoms with van der Waals surface area (Å²) < 4.78 is 11.8. The normalized spacial score (nSPS) is 31.0. The first-order chi connectivity index (χ1) is 11.2. The van der Waals surface area contributed by atoms with E-state index in [2.05, 4.69) is 11.6 Å². The Hall–Kier alpha value is -1.02. The molecule has 6 nitrogen and oxygen atoms in total. The van der Waals surface area contributed by atoms with Crippen LogP contribution in [0.2, 0.25) is 0 Å². The van der Waals surface area contributed by atoms with E-state index in [-0.39, 0.29) is 28.9 Å². The maximum absolute atomic E-state index is 10.9. The SMILES string of the molecule is C=C1N=C(N)C(C)=CN1[C@@H]1S[C@H](COC(C)C)C(OC(C)C)[C@@H]1O. The van der Waals surface area contributed by atoms with Crippen molar-refractivity contribution in [2.45, 2.75) is 69.7 Å². The van der Waals surface area contributed by atoms with Crippen molar-refractivity contribution < 1.29 is 14.6 Å². The number of nitrogens with zero attached hydrogens (tertiary/aromatic N) is 2. The Morgan fingerprint density at radius 1 is 1.38 bits per heavy atom. The number of aliphatic imine (C=N–C) groups is 1. The summed E-state index contributed by atoms with van der Waals surface area (Å²) in [6.07, 6.45) is 1.08. The maximum atomic E-state index is 10.9. The second-order valence-corrected chi connectivity index (χ2v) is 8.08. The van der Waals surface area contributed by atoms with Gasteiger partial charge in [0.1, 0.15) is 29.2 Å². The molecule has 4 atom stereocenters. The molecule has 3 N–H and O–H groups in total. The van der Waals surface area contributed by atoms with Crippen molar-refractivity contribution in [2.75, 3.05) is 6.61 Å². The topological polar surface area (TPSA) is 80.3 Å². The monoisotopic (exact) mass is 355 g/mol. The Morgan fingerprint density at radius 3 is 2.62 bits per heavy atom. The highest BCUT2D eigenvalue weighted by molar-refractivity contribution is 8.00. The zero-order valence-electron chi connectivity index (χ0n) is 15.1. The molecular weight excluding hydrogens is 326 g/mol. The van der Waals surface area contributed by atoms with Gasteiger partial charge in [-0.25, -0.2) is 4.99 Å². The maximum Gasteiger partial charge on any atom is 0.130 e. The first-order valence-electron chi connectivity index (χ1n) is 8.31. The molecule has 1 fully saturated rings. The van der Waals surface area contributed by atoms with Crippen molar-refractivity contribution in [3.8, 4) is 0 Å². The van der Waals surface area contributed by atoms with Crippen LogP contribution in [0.5, 0.6) is 0 Å². The molecule has 7 heteroatoms. The lowest BCUT2D eigenvalue weighted by molar-refractivity contribution is -0.0760. The van der Waals surface area contributed by atoms with Gasteiger partial charge in [-0.15, -0.1) is 11.8 Å². The summed E-state index contributed by atoms with van der Waals surface area (Å²) in [5.74, 6) is 0.992. The molecule has 24 heavy (non-hydrogen) atoms. The second-order valence-electron chi connectivity index (χ2n) is 6.72. The van der Waals surface area contributed by atoms with Crippen molar-refractivity contribution in [1.82, 2.24) is 4.90 Å². The van der Waals surface area contributed by atoms with E-state index in [4.69, 9.17) is 15.2 Å². The minimum Gasteiger partial charge on any atom is -0.387 e. The molecule has 1 saturated heterocycles. The molecule has 0 aromatic heterocycles. The Bertz CT molecular complexity index is 533. The van der Waals surface area contributed by atoms with E-state index in [1.807, 2.05) is 45.7 Å². The fraction of sp³-hybridized carbons (Fsp3) is 0.706. The van der Waals surface area contributed by atoms with E-state index in [9.17, 15) is 5.11 Å². The lowest BCUT2D eigenvalue weighted by Crippen LogP contribution is -2.43. The summed E-state index contributed by atoms with van der Waals surface area (Å²) >= 11 is 1.63. The van der Waals surface area contributed by atoms with Crippen LogP contribution in [0.1, 0.15) is 34.6 Å². The van der Waals surface area contributed by atoms with Gasteiger partial charge in [0.05, 0.1) is 24.1 Å². The number of ether oxygens (including phenoxy) is 2. The minimum atomic E-state index is -0.673. The molecule has 0 aromatic carbocycles. The number of amidine groups is 1. The Morgan fingerprint density at radius 2 is 2.04 bits per heavy atom. The van der Waals surface area contributed by atoms with Gasteiger partial charge in [0.25, 0.3) is 0 Å². The predicted octanol–water partition coefficient (Wildman–Crippen LogP) is 2.06. The average molecular weight is 356 g/mol. The Balaban J connectivity index is 2.18. The van der Waals surface area contributed by atoms with E-state index in [1.165, 1.54) is 0 Å². The predicted molar refractivity (Wildman–Crippen MR) is 98.6 cm³/mol. The van der Waals surface area contributed by atoms with Crippen LogP contribution in [0, 0.1) is 0 Å². The molecule has 0 aromatic rings. The van der Waals surface area contributed by atoms with E-state index in [1.54, 1.807) is 11.8 Å². The smallest absolute Gasteiger partial charge is 0.130 e. The summed E-state index contributed by atoms with van der Waals surface area (Å²) in [5.41, 5.74) is 6.71. The highest BCUT2D eigenvalue weighted by Crippen LogP contribution is 2.41. The molecule has 0 amide bonds. The van der Waals surface area contributed by atoms with E-state index >= 15 is 0 Å². The number of aliphatic hydroxyl groups is 1. The molecule has 0 aliphatic carbocycles. The van der Waals surface area contributed by atoms with E-state index in [0.29, 0.717) is 18.3 Å². The van der Waals surface area contributed by atoms with Crippen LogP contribution in [0.3, 0.4) is 0 Å². The molecule has 2 aliphatic heterocycles. The van der Waals surface area contributed by atoms with Crippen molar-refractivity contribution in [3.05, 3.63) is 24.2 Å². The van der Waals surface area contributed by atoms with Crippen LogP contribution >= 0.6 is 11.8 Å². The van der Waals surface area contributed by atoms with Crippen molar-refractivity contribution in [1.29, 1.82) is 0 Å². The van der Waals surface area contributed by atoms with Crippen LogP contribution in [0.25, 0.3) is 0 Å². The lowest BCUT2D eigenvalue weighted by Gasteiger charge is -2.32. The van der Waals surface area contributed by atoms with Gasteiger partial charge in [0.2, 0.25) is 0 Å². The minimum absolute atomic E-state index is 0.0288. The standard InChI is InChI=1S/C17H29N3O3S/c1-9(2)22-8-13-15(23-10(3)4)14(21)17(24-13)20-7-11(5)16(18)19-12(20)6/h7,9-10,13-15,17,21H,6,8H2,1-5H3,(H2,18,19)/t13-,14+,15?,17-/m1/s1. The van der Waals surface area contributed by atoms with E-state index < -0.39 is 6.10 Å². The van der Waals surface area contributed by atoms with Gasteiger partial charge in [0, 0.05) is 11.8 Å². The zero-order valence-corrected chi connectivity index (χ0v) is 15.9. The van der Waals surface area contributed by atoms with Crippen LogP contribution in [-0.4, -0.2) is 57.5 Å². The summed E-state index contributed by atoms with van der Waals surface area (Å²) in [6.45, 7) is 14.3. The molecular formula is C17H29N3O3S. The second kappa shape index (κ2) is 7.91. The number of aliphatic hydroxyl groups excluding tert-OH is 1. The number of thioether (sulfide) groups is 1.